The second-order valence-electron chi connectivity index (χ2n) is 5.29. The van der Waals surface area contributed by atoms with E-state index in [0.717, 1.165) is 24.1 Å². The monoisotopic (exact) mass is 259 g/mol. The lowest BCUT2D eigenvalue weighted by atomic mass is 10.2. The molecule has 0 saturated heterocycles. The molecule has 1 heterocycles. The van der Waals surface area contributed by atoms with E-state index in [4.69, 9.17) is 4.42 Å². The number of Topliss-reactive ketones (excluding diaryl/α,β-unsaturated/α-hetero) is 1. The predicted molar refractivity (Wildman–Crippen MR) is 77.5 cm³/mol. The summed E-state index contributed by atoms with van der Waals surface area (Å²) >= 11 is 0. The smallest absolute Gasteiger partial charge is 0.211 e. The molecule has 3 nitrogen and oxygen atoms in total. The Kier molecular flexibility index (Phi) is 4.38. The molecular weight excluding hydrogens is 238 g/mol. The van der Waals surface area contributed by atoms with Crippen molar-refractivity contribution < 1.29 is 9.21 Å². The highest BCUT2D eigenvalue weighted by Crippen LogP contribution is 2.19. The average molecular weight is 259 g/mol. The summed E-state index contributed by atoms with van der Waals surface area (Å²) in [5, 5.41) is 0.984. The van der Waals surface area contributed by atoms with Crippen LogP contribution in [-0.4, -0.2) is 30.3 Å². The van der Waals surface area contributed by atoms with Crippen LogP contribution in [0.1, 0.15) is 31.3 Å². The number of nitrogens with zero attached hydrogens (tertiary/aromatic N) is 1. The van der Waals surface area contributed by atoms with E-state index < -0.39 is 0 Å². The summed E-state index contributed by atoms with van der Waals surface area (Å²) in [7, 11) is 0. The quantitative estimate of drug-likeness (QED) is 0.743. The molecule has 102 valence electrons. The zero-order valence-corrected chi connectivity index (χ0v) is 11.8. The number of carbonyl (C=O) groups is 1. The molecular formula is C16H21NO2. The zero-order valence-electron chi connectivity index (χ0n) is 11.8. The van der Waals surface area contributed by atoms with Crippen LogP contribution in [0.15, 0.2) is 34.7 Å². The molecule has 1 aromatic carbocycles. The average Bonchev–Trinajstić information content (AvgIpc) is 2.81. The molecule has 0 unspecified atom stereocenters. The Morgan fingerprint density at radius 3 is 2.68 bits per heavy atom. The van der Waals surface area contributed by atoms with E-state index in [-0.39, 0.29) is 5.78 Å². The normalized spacial score (nSPS) is 11.6. The highest BCUT2D eigenvalue weighted by molar-refractivity contribution is 5.98. The van der Waals surface area contributed by atoms with Crippen LogP contribution in [0.3, 0.4) is 0 Å². The molecule has 0 amide bonds. The van der Waals surface area contributed by atoms with Gasteiger partial charge in [-0.05, 0) is 24.6 Å². The van der Waals surface area contributed by atoms with E-state index in [9.17, 15) is 4.79 Å². The summed E-state index contributed by atoms with van der Waals surface area (Å²) in [5.74, 6) is 1.07. The molecule has 0 aliphatic heterocycles. The highest BCUT2D eigenvalue weighted by Gasteiger charge is 2.16. The topological polar surface area (TPSA) is 33.5 Å². The number of rotatable bonds is 6. The third-order valence-electron chi connectivity index (χ3n) is 3.14. The third-order valence-corrected chi connectivity index (χ3v) is 3.14. The van der Waals surface area contributed by atoms with Crippen LogP contribution in [0.25, 0.3) is 11.0 Å². The van der Waals surface area contributed by atoms with Crippen molar-refractivity contribution in [3.05, 3.63) is 36.1 Å². The fourth-order valence-corrected chi connectivity index (χ4v) is 2.22. The van der Waals surface area contributed by atoms with Gasteiger partial charge in [0.2, 0.25) is 5.78 Å². The van der Waals surface area contributed by atoms with E-state index in [1.54, 1.807) is 0 Å². The predicted octanol–water partition coefficient (Wildman–Crippen LogP) is 3.59. The van der Waals surface area contributed by atoms with Crippen molar-refractivity contribution >= 4 is 16.8 Å². The Morgan fingerprint density at radius 2 is 2.05 bits per heavy atom. The van der Waals surface area contributed by atoms with Gasteiger partial charge in [0.05, 0.1) is 6.54 Å². The molecule has 1 aromatic heterocycles. The van der Waals surface area contributed by atoms with Crippen molar-refractivity contribution in [2.75, 3.05) is 19.6 Å². The Hall–Kier alpha value is -1.61. The van der Waals surface area contributed by atoms with Crippen molar-refractivity contribution in [3.8, 4) is 0 Å². The molecule has 19 heavy (non-hydrogen) atoms. The first-order valence-corrected chi connectivity index (χ1v) is 6.84. The molecule has 0 aliphatic carbocycles. The summed E-state index contributed by atoms with van der Waals surface area (Å²) in [4.78, 5) is 14.4. The van der Waals surface area contributed by atoms with Crippen molar-refractivity contribution in [2.24, 2.45) is 5.92 Å². The second kappa shape index (κ2) is 6.02. The number of likely N-dealkylation sites (N-methyl/N-ethyl adjacent to an activating group) is 1. The molecule has 0 saturated carbocycles. The van der Waals surface area contributed by atoms with Gasteiger partial charge in [0.15, 0.2) is 5.76 Å². The molecule has 2 aromatic rings. The molecule has 0 atom stereocenters. The molecule has 0 aliphatic rings. The van der Waals surface area contributed by atoms with Crippen molar-refractivity contribution in [3.63, 3.8) is 0 Å². The van der Waals surface area contributed by atoms with Gasteiger partial charge in [-0.25, -0.2) is 0 Å². The number of benzene rings is 1. The van der Waals surface area contributed by atoms with Crippen molar-refractivity contribution in [2.45, 2.75) is 20.8 Å². The van der Waals surface area contributed by atoms with Crippen LogP contribution in [-0.2, 0) is 0 Å². The Labute approximate surface area is 114 Å². The fraction of sp³-hybridized carbons (Fsp3) is 0.438. The van der Waals surface area contributed by atoms with Crippen LogP contribution >= 0.6 is 0 Å². The minimum absolute atomic E-state index is 0.0544. The maximum atomic E-state index is 12.2. The minimum atomic E-state index is 0.0544. The first kappa shape index (κ1) is 13.8. The van der Waals surface area contributed by atoms with Gasteiger partial charge in [0, 0.05) is 11.9 Å². The van der Waals surface area contributed by atoms with E-state index in [1.165, 1.54) is 0 Å². The summed E-state index contributed by atoms with van der Waals surface area (Å²) in [6.07, 6.45) is 0. The standard InChI is InChI=1S/C16H21NO2/c1-4-17(10-12(2)3)11-14(18)16-9-13-7-5-6-8-15(13)19-16/h5-9,12H,4,10-11H2,1-3H3. The number of hydrogen-bond acceptors (Lipinski definition) is 3. The second-order valence-corrected chi connectivity index (χ2v) is 5.29. The lowest BCUT2D eigenvalue weighted by Gasteiger charge is -2.20. The maximum absolute atomic E-state index is 12.2. The minimum Gasteiger partial charge on any atom is -0.453 e. The van der Waals surface area contributed by atoms with Crippen LogP contribution in [0, 0.1) is 5.92 Å². The van der Waals surface area contributed by atoms with Crippen molar-refractivity contribution in [1.82, 2.24) is 4.90 Å². The van der Waals surface area contributed by atoms with Gasteiger partial charge < -0.3 is 4.42 Å². The van der Waals surface area contributed by atoms with E-state index >= 15 is 0 Å². The van der Waals surface area contributed by atoms with Crippen LogP contribution in [0.4, 0.5) is 0 Å². The van der Waals surface area contributed by atoms with Gasteiger partial charge in [0.25, 0.3) is 0 Å². The summed E-state index contributed by atoms with van der Waals surface area (Å²) < 4.78 is 5.60. The Balaban J connectivity index is 2.10. The molecule has 0 spiro atoms. The zero-order chi connectivity index (χ0) is 13.8. The van der Waals surface area contributed by atoms with Crippen molar-refractivity contribution in [1.29, 1.82) is 0 Å². The van der Waals surface area contributed by atoms with Gasteiger partial charge in [-0.15, -0.1) is 0 Å². The molecule has 0 N–H and O–H groups in total. The van der Waals surface area contributed by atoms with Gasteiger partial charge in [0.1, 0.15) is 5.58 Å². The number of hydrogen-bond donors (Lipinski definition) is 0. The molecule has 3 heteroatoms. The molecule has 0 radical (unpaired) electrons. The third kappa shape index (κ3) is 3.44. The van der Waals surface area contributed by atoms with Gasteiger partial charge in [-0.3, -0.25) is 9.69 Å². The number of ketones is 1. The molecule has 0 fully saturated rings. The number of fused-ring (bicyclic) bond motifs is 1. The fourth-order valence-electron chi connectivity index (χ4n) is 2.22. The number of furan rings is 1. The van der Waals surface area contributed by atoms with E-state index in [1.807, 2.05) is 30.3 Å². The summed E-state index contributed by atoms with van der Waals surface area (Å²) in [6.45, 7) is 8.64. The maximum Gasteiger partial charge on any atom is 0.211 e. The summed E-state index contributed by atoms with van der Waals surface area (Å²) in [5.41, 5.74) is 0.776. The molecule has 0 bridgehead atoms. The van der Waals surface area contributed by atoms with Crippen LogP contribution < -0.4 is 0 Å². The number of carbonyl (C=O) groups excluding carboxylic acids is 1. The van der Waals surface area contributed by atoms with E-state index in [2.05, 4.69) is 25.7 Å². The summed E-state index contributed by atoms with van der Waals surface area (Å²) in [6, 6.07) is 9.54. The first-order chi connectivity index (χ1) is 9.10. The SMILES string of the molecule is CCN(CC(=O)c1cc2ccccc2o1)CC(C)C. The van der Waals surface area contributed by atoms with Gasteiger partial charge in [-0.1, -0.05) is 39.0 Å². The largest absolute Gasteiger partial charge is 0.453 e. The lowest BCUT2D eigenvalue weighted by molar-refractivity contribution is 0.0901. The Bertz CT molecular complexity index is 524. The highest BCUT2D eigenvalue weighted by atomic mass is 16.3. The van der Waals surface area contributed by atoms with E-state index in [0.29, 0.717) is 18.2 Å². The van der Waals surface area contributed by atoms with Gasteiger partial charge >= 0.3 is 0 Å². The number of para-hydroxylation sites is 1. The molecule has 2 rings (SSSR count). The lowest BCUT2D eigenvalue weighted by Crippen LogP contribution is -2.32. The van der Waals surface area contributed by atoms with Crippen LogP contribution in [0.5, 0.6) is 0 Å². The first-order valence-electron chi connectivity index (χ1n) is 6.84. The van der Waals surface area contributed by atoms with Gasteiger partial charge in [-0.2, -0.15) is 0 Å². The Morgan fingerprint density at radius 1 is 1.32 bits per heavy atom. The van der Waals surface area contributed by atoms with Crippen LogP contribution in [0.2, 0.25) is 0 Å².